The molecular formula is C28H30N4O5. The molecule has 3 aromatic rings. The van der Waals surface area contributed by atoms with E-state index in [-0.39, 0.29) is 12.5 Å². The van der Waals surface area contributed by atoms with Crippen LogP contribution >= 0.6 is 0 Å². The fraction of sp³-hybridized carbons (Fsp3) is 0.250. The predicted molar refractivity (Wildman–Crippen MR) is 142 cm³/mol. The van der Waals surface area contributed by atoms with Crippen LogP contribution in [-0.4, -0.2) is 55.0 Å². The maximum absolute atomic E-state index is 12.8. The lowest BCUT2D eigenvalue weighted by Gasteiger charge is -2.29. The van der Waals surface area contributed by atoms with E-state index in [4.69, 9.17) is 4.84 Å². The van der Waals surface area contributed by atoms with E-state index < -0.39 is 17.8 Å². The van der Waals surface area contributed by atoms with Crippen LogP contribution in [0.5, 0.6) is 0 Å². The van der Waals surface area contributed by atoms with Gasteiger partial charge in [0.2, 0.25) is 6.04 Å². The zero-order chi connectivity index (χ0) is 26.2. The molecule has 0 spiro atoms. The molecule has 1 saturated heterocycles. The molecule has 1 fully saturated rings. The van der Waals surface area contributed by atoms with Gasteiger partial charge in [0.15, 0.2) is 5.78 Å². The van der Waals surface area contributed by atoms with Gasteiger partial charge in [-0.05, 0) is 61.0 Å². The number of amides is 1. The molecule has 0 saturated carbocycles. The quantitative estimate of drug-likeness (QED) is 0.286. The summed E-state index contributed by atoms with van der Waals surface area (Å²) in [6, 6.07) is 21.7. The Morgan fingerprint density at radius 2 is 1.62 bits per heavy atom. The van der Waals surface area contributed by atoms with Crippen LogP contribution in [0.4, 0.5) is 17.1 Å². The van der Waals surface area contributed by atoms with Crippen molar-refractivity contribution in [3.05, 3.63) is 90.0 Å². The number of anilines is 3. The van der Waals surface area contributed by atoms with Crippen LogP contribution in [0.1, 0.15) is 22.8 Å². The van der Waals surface area contributed by atoms with Gasteiger partial charge in [-0.15, -0.1) is 0 Å². The van der Waals surface area contributed by atoms with Gasteiger partial charge >= 0.3 is 5.97 Å². The van der Waals surface area contributed by atoms with Gasteiger partial charge < -0.3 is 20.6 Å². The largest absolute Gasteiger partial charge is 0.479 e. The number of carboxylic acids is 1. The fourth-order valence-electron chi connectivity index (χ4n) is 4.10. The van der Waals surface area contributed by atoms with Gasteiger partial charge in [0.1, 0.15) is 0 Å². The Balaban J connectivity index is 1.45. The first-order valence-corrected chi connectivity index (χ1v) is 12.1. The molecule has 1 atom stereocenters. The van der Waals surface area contributed by atoms with E-state index in [1.807, 2.05) is 42.5 Å². The third-order valence-corrected chi connectivity index (χ3v) is 6.06. The third kappa shape index (κ3) is 6.72. The number of nitrogens with one attached hydrogen (secondary N) is 2. The Morgan fingerprint density at radius 1 is 0.973 bits per heavy atom. The van der Waals surface area contributed by atoms with Gasteiger partial charge in [-0.1, -0.05) is 30.3 Å². The lowest BCUT2D eigenvalue weighted by atomic mass is 10.1. The summed E-state index contributed by atoms with van der Waals surface area (Å²) in [5.74, 6) is -2.15. The molecule has 37 heavy (non-hydrogen) atoms. The summed E-state index contributed by atoms with van der Waals surface area (Å²) in [5.41, 5.74) is 3.33. The molecule has 0 aliphatic carbocycles. The molecule has 0 aromatic heterocycles. The summed E-state index contributed by atoms with van der Waals surface area (Å²) in [7, 11) is 0. The zero-order valence-electron chi connectivity index (χ0n) is 20.6. The van der Waals surface area contributed by atoms with Gasteiger partial charge in [-0.25, -0.2) is 9.86 Å². The number of hydrogen-bond donors (Lipinski definition) is 3. The second-order valence-electron chi connectivity index (χ2n) is 8.72. The predicted octanol–water partition coefficient (Wildman–Crippen LogP) is 3.33. The molecule has 1 unspecified atom stereocenters. The highest BCUT2D eigenvalue weighted by atomic mass is 16.7. The van der Waals surface area contributed by atoms with Crippen molar-refractivity contribution in [2.75, 3.05) is 41.5 Å². The molecule has 192 valence electrons. The first-order chi connectivity index (χ1) is 17.9. The average molecular weight is 503 g/mol. The van der Waals surface area contributed by atoms with E-state index >= 15 is 0 Å². The molecule has 1 aliphatic heterocycles. The standard InChI is InChI=1S/C28H30N4O5/c1-20(33)26(28(35)36)32(37-19-21-5-3-2-4-6-21)25-13-9-23(10-14-25)30-27(34)22-7-11-24(12-8-22)31-17-15-29-16-18-31/h2-14,26,29H,15-19H2,1H3,(H,30,34)(H,35,36). The van der Waals surface area contributed by atoms with E-state index in [0.717, 1.165) is 42.5 Å². The summed E-state index contributed by atoms with van der Waals surface area (Å²) in [4.78, 5) is 44.8. The van der Waals surface area contributed by atoms with Crippen molar-refractivity contribution in [2.45, 2.75) is 19.6 Å². The molecule has 0 bridgehead atoms. The second kappa shape index (κ2) is 12.2. The van der Waals surface area contributed by atoms with Crippen molar-refractivity contribution < 1.29 is 24.3 Å². The zero-order valence-corrected chi connectivity index (χ0v) is 20.6. The molecular weight excluding hydrogens is 472 g/mol. The van der Waals surface area contributed by atoms with Crippen molar-refractivity contribution in [1.82, 2.24) is 5.32 Å². The molecule has 9 nitrogen and oxygen atoms in total. The first-order valence-electron chi connectivity index (χ1n) is 12.1. The molecule has 0 radical (unpaired) electrons. The van der Waals surface area contributed by atoms with Gasteiger partial charge in [-0.3, -0.25) is 14.4 Å². The van der Waals surface area contributed by atoms with E-state index in [1.54, 1.807) is 36.4 Å². The molecule has 9 heteroatoms. The Labute approximate surface area is 215 Å². The van der Waals surface area contributed by atoms with Crippen molar-refractivity contribution in [3.8, 4) is 0 Å². The monoisotopic (exact) mass is 502 g/mol. The van der Waals surface area contributed by atoms with Crippen LogP contribution < -0.4 is 20.6 Å². The summed E-state index contributed by atoms with van der Waals surface area (Å²) >= 11 is 0. The van der Waals surface area contributed by atoms with Crippen molar-refractivity contribution in [3.63, 3.8) is 0 Å². The number of Topliss-reactive ketones (excluding diaryl/α,β-unsaturated/α-hetero) is 1. The van der Waals surface area contributed by atoms with Crippen molar-refractivity contribution in [1.29, 1.82) is 0 Å². The van der Waals surface area contributed by atoms with Crippen LogP contribution in [0.15, 0.2) is 78.9 Å². The number of rotatable bonds is 10. The number of benzene rings is 3. The highest BCUT2D eigenvalue weighted by Gasteiger charge is 2.32. The summed E-state index contributed by atoms with van der Waals surface area (Å²) < 4.78 is 0. The second-order valence-corrected chi connectivity index (χ2v) is 8.72. The Kier molecular flexibility index (Phi) is 8.50. The van der Waals surface area contributed by atoms with E-state index in [1.165, 1.54) is 6.92 Å². The number of hydrogen-bond acceptors (Lipinski definition) is 7. The maximum Gasteiger partial charge on any atom is 0.336 e. The van der Waals surface area contributed by atoms with Gasteiger partial charge in [0, 0.05) is 43.1 Å². The lowest BCUT2D eigenvalue weighted by molar-refractivity contribution is -0.144. The number of carbonyl (C=O) groups is 3. The summed E-state index contributed by atoms with van der Waals surface area (Å²) in [6.07, 6.45) is 0. The van der Waals surface area contributed by atoms with Crippen LogP contribution in [-0.2, 0) is 21.0 Å². The van der Waals surface area contributed by atoms with Crippen LogP contribution in [0.25, 0.3) is 0 Å². The minimum Gasteiger partial charge on any atom is -0.479 e. The fourth-order valence-corrected chi connectivity index (χ4v) is 4.10. The average Bonchev–Trinajstić information content (AvgIpc) is 2.92. The molecule has 4 rings (SSSR count). The minimum atomic E-state index is -1.52. The van der Waals surface area contributed by atoms with Crippen LogP contribution in [0.2, 0.25) is 0 Å². The molecule has 3 N–H and O–H groups in total. The molecule has 1 amide bonds. The molecule has 3 aromatic carbocycles. The van der Waals surface area contributed by atoms with E-state index in [0.29, 0.717) is 16.9 Å². The number of carboxylic acid groups (broad SMARTS) is 1. The van der Waals surface area contributed by atoms with Gasteiger partial charge in [0.05, 0.1) is 12.3 Å². The number of ketones is 1. The van der Waals surface area contributed by atoms with Gasteiger partial charge in [-0.2, -0.15) is 0 Å². The highest BCUT2D eigenvalue weighted by molar-refractivity contribution is 6.05. The normalized spacial score (nSPS) is 14.0. The Morgan fingerprint density at radius 3 is 2.22 bits per heavy atom. The number of carbonyl (C=O) groups excluding carboxylic acids is 2. The first kappa shape index (κ1) is 25.9. The molecule has 1 heterocycles. The SMILES string of the molecule is CC(=O)C(C(=O)O)N(OCc1ccccc1)c1ccc(NC(=O)c2ccc(N3CCNCC3)cc2)cc1. The van der Waals surface area contributed by atoms with Crippen molar-refractivity contribution >= 4 is 34.7 Å². The summed E-state index contributed by atoms with van der Waals surface area (Å²) in [6.45, 7) is 5.02. The third-order valence-electron chi connectivity index (χ3n) is 6.06. The number of aliphatic carboxylic acids is 1. The lowest BCUT2D eigenvalue weighted by Crippen LogP contribution is -2.46. The van der Waals surface area contributed by atoms with Crippen molar-refractivity contribution in [2.24, 2.45) is 0 Å². The number of nitrogens with zero attached hydrogens (tertiary/aromatic N) is 2. The highest BCUT2D eigenvalue weighted by Crippen LogP contribution is 2.23. The van der Waals surface area contributed by atoms with Crippen LogP contribution in [0, 0.1) is 0 Å². The Bertz CT molecular complexity index is 1200. The molecule has 1 aliphatic rings. The van der Waals surface area contributed by atoms with Crippen LogP contribution in [0.3, 0.4) is 0 Å². The van der Waals surface area contributed by atoms with Gasteiger partial charge in [0.25, 0.3) is 5.91 Å². The maximum atomic E-state index is 12.8. The summed E-state index contributed by atoms with van der Waals surface area (Å²) in [5, 5.41) is 16.9. The number of hydroxylamine groups is 1. The smallest absolute Gasteiger partial charge is 0.336 e. The van der Waals surface area contributed by atoms with E-state index in [9.17, 15) is 19.5 Å². The number of piperazine rings is 1. The topological polar surface area (TPSA) is 111 Å². The Hall–Kier alpha value is -4.21. The van der Waals surface area contributed by atoms with E-state index in [2.05, 4.69) is 15.5 Å². The minimum absolute atomic E-state index is 0.0837.